The summed E-state index contributed by atoms with van der Waals surface area (Å²) < 4.78 is 13.2. The Kier molecular flexibility index (Phi) is 4.72. The SMILES string of the molecule is CC1(CNC(=O)C2(c3ccc(F)cc3)CCCC2)CCNCC1. The zero-order valence-corrected chi connectivity index (χ0v) is 14.0. The van der Waals surface area contributed by atoms with Crippen molar-refractivity contribution in [2.45, 2.75) is 50.9 Å². The summed E-state index contributed by atoms with van der Waals surface area (Å²) in [6.45, 7) is 5.04. The molecule has 1 amide bonds. The highest BCUT2D eigenvalue weighted by Gasteiger charge is 2.43. The third-order valence-corrected chi connectivity index (χ3v) is 5.77. The van der Waals surface area contributed by atoms with Crippen LogP contribution in [-0.4, -0.2) is 25.5 Å². The fourth-order valence-electron chi connectivity index (χ4n) is 4.06. The molecule has 1 aromatic rings. The Labute approximate surface area is 138 Å². The Bertz CT molecular complexity index is 543. The zero-order chi connectivity index (χ0) is 16.3. The Morgan fingerprint density at radius 2 is 1.74 bits per heavy atom. The summed E-state index contributed by atoms with van der Waals surface area (Å²) in [5, 5.41) is 6.60. The molecule has 3 nitrogen and oxygen atoms in total. The van der Waals surface area contributed by atoms with Gasteiger partial charge in [-0.1, -0.05) is 31.9 Å². The molecule has 0 unspecified atom stereocenters. The Morgan fingerprint density at radius 3 is 2.35 bits per heavy atom. The van der Waals surface area contributed by atoms with Crippen LogP contribution < -0.4 is 10.6 Å². The number of carbonyl (C=O) groups is 1. The van der Waals surface area contributed by atoms with E-state index in [9.17, 15) is 9.18 Å². The van der Waals surface area contributed by atoms with Crippen LogP contribution in [0.1, 0.15) is 51.0 Å². The van der Waals surface area contributed by atoms with Crippen molar-refractivity contribution in [3.63, 3.8) is 0 Å². The van der Waals surface area contributed by atoms with Crippen molar-refractivity contribution in [2.75, 3.05) is 19.6 Å². The Balaban J connectivity index is 1.73. The van der Waals surface area contributed by atoms with E-state index < -0.39 is 5.41 Å². The molecule has 1 saturated heterocycles. The lowest BCUT2D eigenvalue weighted by Gasteiger charge is -2.36. The van der Waals surface area contributed by atoms with Gasteiger partial charge in [0.25, 0.3) is 0 Å². The van der Waals surface area contributed by atoms with Crippen LogP contribution in [0.15, 0.2) is 24.3 Å². The minimum absolute atomic E-state index is 0.126. The summed E-state index contributed by atoms with van der Waals surface area (Å²) in [4.78, 5) is 13.0. The van der Waals surface area contributed by atoms with E-state index in [-0.39, 0.29) is 17.1 Å². The van der Waals surface area contributed by atoms with Crippen molar-refractivity contribution in [1.29, 1.82) is 0 Å². The lowest BCUT2D eigenvalue weighted by molar-refractivity contribution is -0.127. The fourth-order valence-corrected chi connectivity index (χ4v) is 4.06. The highest BCUT2D eigenvalue weighted by atomic mass is 19.1. The van der Waals surface area contributed by atoms with Gasteiger partial charge in [-0.2, -0.15) is 0 Å². The Hall–Kier alpha value is -1.42. The molecule has 126 valence electrons. The van der Waals surface area contributed by atoms with Gasteiger partial charge < -0.3 is 10.6 Å². The molecule has 2 N–H and O–H groups in total. The van der Waals surface area contributed by atoms with E-state index in [4.69, 9.17) is 0 Å². The van der Waals surface area contributed by atoms with Crippen molar-refractivity contribution >= 4 is 5.91 Å². The highest BCUT2D eigenvalue weighted by molar-refractivity contribution is 5.88. The van der Waals surface area contributed by atoms with Crippen LogP contribution in [0.5, 0.6) is 0 Å². The van der Waals surface area contributed by atoms with Gasteiger partial charge >= 0.3 is 0 Å². The van der Waals surface area contributed by atoms with Crippen molar-refractivity contribution in [3.05, 3.63) is 35.6 Å². The van der Waals surface area contributed by atoms with E-state index in [0.717, 1.165) is 63.7 Å². The van der Waals surface area contributed by atoms with Crippen LogP contribution >= 0.6 is 0 Å². The maximum Gasteiger partial charge on any atom is 0.230 e. The maximum absolute atomic E-state index is 13.2. The molecule has 0 bridgehead atoms. The van der Waals surface area contributed by atoms with Gasteiger partial charge in [0, 0.05) is 6.54 Å². The van der Waals surface area contributed by atoms with Gasteiger partial charge in [0.1, 0.15) is 5.82 Å². The molecule has 4 heteroatoms. The molecule has 1 aromatic carbocycles. The maximum atomic E-state index is 13.2. The number of hydrogen-bond acceptors (Lipinski definition) is 2. The summed E-state index contributed by atoms with van der Waals surface area (Å²) in [5.74, 6) is -0.120. The van der Waals surface area contributed by atoms with Crippen LogP contribution in [-0.2, 0) is 10.2 Å². The molecule has 0 atom stereocenters. The van der Waals surface area contributed by atoms with E-state index >= 15 is 0 Å². The Morgan fingerprint density at radius 1 is 1.13 bits per heavy atom. The minimum atomic E-state index is -0.461. The van der Waals surface area contributed by atoms with Gasteiger partial charge in [-0.3, -0.25) is 4.79 Å². The van der Waals surface area contributed by atoms with Gasteiger partial charge in [0.15, 0.2) is 0 Å². The summed E-state index contributed by atoms with van der Waals surface area (Å²) >= 11 is 0. The first kappa shape index (κ1) is 16.4. The standard InChI is InChI=1S/C19H27FN2O/c1-18(10-12-21-13-11-18)14-22-17(23)19(8-2-3-9-19)15-4-6-16(20)7-5-15/h4-7,21H,2-3,8-14H2,1H3,(H,22,23). The molecular weight excluding hydrogens is 291 g/mol. The fraction of sp³-hybridized carbons (Fsp3) is 0.632. The van der Waals surface area contributed by atoms with Gasteiger partial charge in [-0.05, 0) is 61.9 Å². The third kappa shape index (κ3) is 3.42. The summed E-state index contributed by atoms with van der Waals surface area (Å²) in [6, 6.07) is 6.51. The van der Waals surface area contributed by atoms with Gasteiger partial charge in [0.05, 0.1) is 5.41 Å². The van der Waals surface area contributed by atoms with Gasteiger partial charge in [0.2, 0.25) is 5.91 Å². The molecular formula is C19H27FN2O. The molecule has 0 spiro atoms. The molecule has 2 aliphatic rings. The average molecular weight is 318 g/mol. The number of amides is 1. The highest BCUT2D eigenvalue weighted by Crippen LogP contribution is 2.41. The lowest BCUT2D eigenvalue weighted by atomic mass is 9.76. The van der Waals surface area contributed by atoms with Crippen molar-refractivity contribution in [1.82, 2.24) is 10.6 Å². The molecule has 1 aliphatic heterocycles. The number of halogens is 1. The van der Waals surface area contributed by atoms with Crippen molar-refractivity contribution < 1.29 is 9.18 Å². The number of rotatable bonds is 4. The molecule has 1 saturated carbocycles. The predicted octanol–water partition coefficient (Wildman–Crippen LogP) is 3.14. The minimum Gasteiger partial charge on any atom is -0.355 e. The zero-order valence-electron chi connectivity index (χ0n) is 14.0. The van der Waals surface area contributed by atoms with E-state index in [2.05, 4.69) is 17.6 Å². The first-order valence-corrected chi connectivity index (χ1v) is 8.79. The molecule has 1 aliphatic carbocycles. The monoisotopic (exact) mass is 318 g/mol. The second-order valence-corrected chi connectivity index (χ2v) is 7.54. The van der Waals surface area contributed by atoms with Crippen molar-refractivity contribution in [2.24, 2.45) is 5.41 Å². The van der Waals surface area contributed by atoms with Crippen LogP contribution in [0.2, 0.25) is 0 Å². The molecule has 0 aromatic heterocycles. The van der Waals surface area contributed by atoms with Crippen LogP contribution in [0.3, 0.4) is 0 Å². The third-order valence-electron chi connectivity index (χ3n) is 5.77. The normalized spacial score (nSPS) is 22.7. The van der Waals surface area contributed by atoms with E-state index in [1.54, 1.807) is 12.1 Å². The second kappa shape index (κ2) is 6.60. The molecule has 2 fully saturated rings. The van der Waals surface area contributed by atoms with Crippen molar-refractivity contribution in [3.8, 4) is 0 Å². The number of nitrogens with one attached hydrogen (secondary N) is 2. The first-order chi connectivity index (χ1) is 11.0. The lowest BCUT2D eigenvalue weighted by Crippen LogP contribution is -2.48. The number of piperidine rings is 1. The van der Waals surface area contributed by atoms with Crippen LogP contribution in [0.25, 0.3) is 0 Å². The largest absolute Gasteiger partial charge is 0.355 e. The van der Waals surface area contributed by atoms with E-state index in [1.165, 1.54) is 12.1 Å². The van der Waals surface area contributed by atoms with Crippen LogP contribution in [0.4, 0.5) is 4.39 Å². The summed E-state index contributed by atoms with van der Waals surface area (Å²) in [7, 11) is 0. The number of hydrogen-bond donors (Lipinski definition) is 2. The molecule has 1 heterocycles. The second-order valence-electron chi connectivity index (χ2n) is 7.54. The van der Waals surface area contributed by atoms with Gasteiger partial charge in [-0.15, -0.1) is 0 Å². The smallest absolute Gasteiger partial charge is 0.230 e. The van der Waals surface area contributed by atoms with E-state index in [1.807, 2.05) is 0 Å². The summed E-state index contributed by atoms with van der Waals surface area (Å²) in [6.07, 6.45) is 6.04. The first-order valence-electron chi connectivity index (χ1n) is 8.79. The number of benzene rings is 1. The van der Waals surface area contributed by atoms with E-state index in [0.29, 0.717) is 0 Å². The van der Waals surface area contributed by atoms with Gasteiger partial charge in [-0.25, -0.2) is 4.39 Å². The van der Waals surface area contributed by atoms with Crippen LogP contribution in [0, 0.1) is 11.2 Å². The quantitative estimate of drug-likeness (QED) is 0.895. The average Bonchev–Trinajstić information content (AvgIpc) is 3.05. The molecule has 23 heavy (non-hydrogen) atoms. The summed E-state index contributed by atoms with van der Waals surface area (Å²) in [5.41, 5.74) is 0.685. The molecule has 0 radical (unpaired) electrons. The molecule has 3 rings (SSSR count). The predicted molar refractivity (Wildman–Crippen MR) is 89.8 cm³/mol. The number of carbonyl (C=O) groups excluding carboxylic acids is 1. The topological polar surface area (TPSA) is 41.1 Å².